The molecule has 4 rings (SSSR count). The van der Waals surface area contributed by atoms with Gasteiger partial charge in [0.05, 0.1) is 26.5 Å². The predicted molar refractivity (Wildman–Crippen MR) is 122 cm³/mol. The maximum atomic E-state index is 12.3. The van der Waals surface area contributed by atoms with E-state index in [-0.39, 0.29) is 9.79 Å². The molecule has 1 N–H and O–H groups in total. The molecular formula is C22H21N3O4S2. The summed E-state index contributed by atoms with van der Waals surface area (Å²) in [6.45, 7) is 1.92. The van der Waals surface area contributed by atoms with Gasteiger partial charge in [-0.3, -0.25) is 4.57 Å². The van der Waals surface area contributed by atoms with Crippen molar-refractivity contribution in [2.75, 3.05) is 17.8 Å². The molecule has 0 saturated heterocycles. The van der Waals surface area contributed by atoms with Crippen molar-refractivity contribution >= 4 is 42.1 Å². The van der Waals surface area contributed by atoms with Gasteiger partial charge in [0.2, 0.25) is 0 Å². The smallest absolute Gasteiger partial charge is 0.177 e. The highest BCUT2D eigenvalue weighted by atomic mass is 32.2. The van der Waals surface area contributed by atoms with Gasteiger partial charge in [-0.25, -0.2) is 21.8 Å². The number of sulfone groups is 2. The molecule has 160 valence electrons. The highest BCUT2D eigenvalue weighted by molar-refractivity contribution is 7.91. The van der Waals surface area contributed by atoms with Crippen molar-refractivity contribution in [2.45, 2.75) is 16.7 Å². The van der Waals surface area contributed by atoms with E-state index in [1.54, 1.807) is 0 Å². The van der Waals surface area contributed by atoms with Gasteiger partial charge in [-0.05, 0) is 55.5 Å². The third-order valence-electron chi connectivity index (χ3n) is 4.90. The van der Waals surface area contributed by atoms with Gasteiger partial charge in [0.25, 0.3) is 0 Å². The van der Waals surface area contributed by atoms with E-state index in [0.717, 1.165) is 35.1 Å². The second kappa shape index (κ2) is 7.51. The van der Waals surface area contributed by atoms with Crippen LogP contribution in [0.5, 0.6) is 0 Å². The third-order valence-corrected chi connectivity index (χ3v) is 7.14. The fourth-order valence-corrected chi connectivity index (χ4v) is 5.06. The van der Waals surface area contributed by atoms with Crippen LogP contribution < -0.4 is 5.32 Å². The van der Waals surface area contributed by atoms with Gasteiger partial charge in [0.1, 0.15) is 5.82 Å². The van der Waals surface area contributed by atoms with E-state index in [4.69, 9.17) is 0 Å². The number of nitrogens with zero attached hydrogens (tertiary/aromatic N) is 2. The van der Waals surface area contributed by atoms with Crippen molar-refractivity contribution in [3.8, 4) is 5.69 Å². The van der Waals surface area contributed by atoms with Gasteiger partial charge >= 0.3 is 0 Å². The van der Waals surface area contributed by atoms with Crippen LogP contribution in [-0.2, 0) is 19.7 Å². The zero-order chi connectivity index (χ0) is 22.4. The molecule has 0 spiro atoms. The van der Waals surface area contributed by atoms with Gasteiger partial charge in [-0.1, -0.05) is 18.2 Å². The molecule has 0 aliphatic rings. The van der Waals surface area contributed by atoms with Crippen molar-refractivity contribution in [1.29, 1.82) is 0 Å². The Morgan fingerprint density at radius 3 is 2.19 bits per heavy atom. The van der Waals surface area contributed by atoms with E-state index in [1.165, 1.54) is 18.2 Å². The Balaban J connectivity index is 1.78. The Hall–Kier alpha value is -3.17. The number of benzene rings is 3. The van der Waals surface area contributed by atoms with E-state index in [2.05, 4.69) is 10.3 Å². The van der Waals surface area contributed by atoms with Crippen molar-refractivity contribution in [3.05, 3.63) is 72.6 Å². The minimum absolute atomic E-state index is 0.0499. The highest BCUT2D eigenvalue weighted by Gasteiger charge is 2.18. The summed E-state index contributed by atoms with van der Waals surface area (Å²) in [6, 6.07) is 19.5. The zero-order valence-electron chi connectivity index (χ0n) is 17.2. The summed E-state index contributed by atoms with van der Waals surface area (Å²) < 4.78 is 50.3. The van der Waals surface area contributed by atoms with Gasteiger partial charge in [-0.2, -0.15) is 0 Å². The van der Waals surface area contributed by atoms with Crippen LogP contribution in [0, 0.1) is 6.92 Å². The van der Waals surface area contributed by atoms with E-state index in [0.29, 0.717) is 11.4 Å². The van der Waals surface area contributed by atoms with Crippen LogP contribution in [0.3, 0.4) is 0 Å². The van der Waals surface area contributed by atoms with Crippen LogP contribution in [0.4, 0.5) is 11.4 Å². The van der Waals surface area contributed by atoms with Crippen molar-refractivity contribution in [2.24, 2.45) is 0 Å². The molecule has 4 aromatic rings. The van der Waals surface area contributed by atoms with E-state index >= 15 is 0 Å². The average Bonchev–Trinajstić information content (AvgIpc) is 3.02. The highest BCUT2D eigenvalue weighted by Crippen LogP contribution is 2.30. The Morgan fingerprint density at radius 2 is 1.55 bits per heavy atom. The van der Waals surface area contributed by atoms with Crippen LogP contribution in [0.25, 0.3) is 16.7 Å². The fraction of sp³-hybridized carbons (Fsp3) is 0.136. The molecule has 0 fully saturated rings. The zero-order valence-corrected chi connectivity index (χ0v) is 18.8. The summed E-state index contributed by atoms with van der Waals surface area (Å²) in [6.07, 6.45) is 2.09. The first-order valence-electron chi connectivity index (χ1n) is 9.40. The first-order valence-corrected chi connectivity index (χ1v) is 13.2. The van der Waals surface area contributed by atoms with Crippen LogP contribution in [0.2, 0.25) is 0 Å². The molecule has 0 aliphatic carbocycles. The van der Waals surface area contributed by atoms with Crippen LogP contribution in [-0.4, -0.2) is 38.9 Å². The van der Waals surface area contributed by atoms with Crippen LogP contribution in [0.15, 0.2) is 76.5 Å². The lowest BCUT2D eigenvalue weighted by molar-refractivity contribution is 0.600. The number of rotatable bonds is 5. The summed E-state index contributed by atoms with van der Waals surface area (Å²) in [5, 5.41) is 3.10. The Kier molecular flexibility index (Phi) is 5.10. The van der Waals surface area contributed by atoms with Gasteiger partial charge in [0.15, 0.2) is 19.7 Å². The largest absolute Gasteiger partial charge is 0.354 e. The predicted octanol–water partition coefficient (Wildman–Crippen LogP) is 3.88. The van der Waals surface area contributed by atoms with Crippen LogP contribution in [0.1, 0.15) is 5.82 Å². The minimum Gasteiger partial charge on any atom is -0.354 e. The molecular weight excluding hydrogens is 434 g/mol. The standard InChI is InChI=1S/C22H21N3O4S2/c1-15-23-20-13-16(9-12-21(20)25(15)17-7-5-4-6-8-17)24-19-11-10-18(30(2,26)27)14-22(19)31(3,28)29/h4-14,24H,1-3H3. The van der Waals surface area contributed by atoms with E-state index < -0.39 is 19.7 Å². The number of fused-ring (bicyclic) bond motifs is 1. The Labute approximate surface area is 181 Å². The number of nitrogens with one attached hydrogen (secondary N) is 1. The number of hydrogen-bond acceptors (Lipinski definition) is 6. The topological polar surface area (TPSA) is 98.1 Å². The maximum absolute atomic E-state index is 12.3. The molecule has 0 bridgehead atoms. The first kappa shape index (κ1) is 21.1. The molecule has 1 aromatic heterocycles. The molecule has 0 unspecified atom stereocenters. The summed E-state index contributed by atoms with van der Waals surface area (Å²) in [5.74, 6) is 0.827. The minimum atomic E-state index is -3.66. The molecule has 0 radical (unpaired) electrons. The van der Waals surface area contributed by atoms with Gasteiger partial charge in [0, 0.05) is 23.9 Å². The first-order chi connectivity index (χ1) is 14.5. The molecule has 0 saturated carbocycles. The van der Waals surface area contributed by atoms with Crippen molar-refractivity contribution in [3.63, 3.8) is 0 Å². The van der Waals surface area contributed by atoms with Crippen molar-refractivity contribution in [1.82, 2.24) is 9.55 Å². The van der Waals surface area contributed by atoms with E-state index in [1.807, 2.05) is 60.0 Å². The molecule has 31 heavy (non-hydrogen) atoms. The van der Waals surface area contributed by atoms with E-state index in [9.17, 15) is 16.8 Å². The lowest BCUT2D eigenvalue weighted by Gasteiger charge is -2.13. The lowest BCUT2D eigenvalue weighted by atomic mass is 10.2. The number of anilines is 2. The Morgan fingerprint density at radius 1 is 0.839 bits per heavy atom. The quantitative estimate of drug-likeness (QED) is 0.490. The Bertz CT molecular complexity index is 1510. The number of aryl methyl sites for hydroxylation is 1. The van der Waals surface area contributed by atoms with Crippen LogP contribution >= 0.6 is 0 Å². The molecule has 9 heteroatoms. The second-order valence-corrected chi connectivity index (χ2v) is 11.4. The monoisotopic (exact) mass is 455 g/mol. The molecule has 1 heterocycles. The summed E-state index contributed by atoms with van der Waals surface area (Å²) in [7, 11) is -7.20. The number of hydrogen-bond donors (Lipinski definition) is 1. The van der Waals surface area contributed by atoms with Crippen molar-refractivity contribution < 1.29 is 16.8 Å². The molecule has 0 aliphatic heterocycles. The fourth-order valence-electron chi connectivity index (χ4n) is 3.48. The number of aromatic nitrogens is 2. The third kappa shape index (κ3) is 4.19. The summed E-state index contributed by atoms with van der Waals surface area (Å²) >= 11 is 0. The van der Waals surface area contributed by atoms with Gasteiger partial charge in [-0.15, -0.1) is 0 Å². The number of para-hydroxylation sites is 1. The second-order valence-electron chi connectivity index (χ2n) is 7.36. The molecule has 7 nitrogen and oxygen atoms in total. The molecule has 0 atom stereocenters. The molecule has 0 amide bonds. The normalized spacial score (nSPS) is 12.2. The summed E-state index contributed by atoms with van der Waals surface area (Å²) in [5.41, 5.74) is 3.61. The maximum Gasteiger partial charge on any atom is 0.177 e. The molecule has 3 aromatic carbocycles. The summed E-state index contributed by atoms with van der Waals surface area (Å²) in [4.78, 5) is 4.50. The van der Waals surface area contributed by atoms with Gasteiger partial charge < -0.3 is 5.32 Å². The number of imidazole rings is 1. The lowest BCUT2D eigenvalue weighted by Crippen LogP contribution is -2.06. The average molecular weight is 456 g/mol. The SMILES string of the molecule is Cc1nc2cc(Nc3ccc(S(C)(=O)=O)cc3S(C)(=O)=O)ccc2n1-c1ccccc1.